The monoisotopic (exact) mass is 469 g/mol. The first-order chi connectivity index (χ1) is 15.7. The van der Waals surface area contributed by atoms with Gasteiger partial charge in [-0.2, -0.15) is 0 Å². The van der Waals surface area contributed by atoms with Crippen LogP contribution < -0.4 is 5.11 Å². The lowest BCUT2D eigenvalue weighted by molar-refractivity contribution is -0.974. The van der Waals surface area contributed by atoms with Gasteiger partial charge >= 0.3 is 11.9 Å². The molecule has 2 N–H and O–H groups in total. The molecule has 33 heavy (non-hydrogen) atoms. The quantitative estimate of drug-likeness (QED) is 0.145. The van der Waals surface area contributed by atoms with Gasteiger partial charge in [-0.05, 0) is 19.3 Å². The zero-order valence-electron chi connectivity index (χ0n) is 21.3. The van der Waals surface area contributed by atoms with Gasteiger partial charge in [-0.3, -0.25) is 4.48 Å². The maximum absolute atomic E-state index is 12.1. The van der Waals surface area contributed by atoms with Crippen molar-refractivity contribution in [3.8, 4) is 0 Å². The highest BCUT2D eigenvalue weighted by molar-refractivity contribution is 5.77. The number of rotatable bonds is 21. The largest absolute Gasteiger partial charge is 0.544 e. The van der Waals surface area contributed by atoms with Crippen LogP contribution in [0.25, 0.3) is 0 Å². The summed E-state index contributed by atoms with van der Waals surface area (Å²) in [5, 5.41) is 31.9. The number of carboxylic acids is 3. The third-order valence-electron chi connectivity index (χ3n) is 6.80. The first kappa shape index (κ1) is 31.1. The smallest absolute Gasteiger partial charge is 0.362 e. The Kier molecular flexibility index (Phi) is 16.6. The highest BCUT2D eigenvalue weighted by atomic mass is 16.4. The summed E-state index contributed by atoms with van der Waals surface area (Å²) in [4.78, 5) is 36.3. The Bertz CT molecular complexity index is 549. The Balaban J connectivity index is 5.31. The van der Waals surface area contributed by atoms with Gasteiger partial charge in [0.2, 0.25) is 0 Å². The molecule has 0 aliphatic rings. The van der Waals surface area contributed by atoms with Crippen molar-refractivity contribution in [2.24, 2.45) is 0 Å². The number of hydrogen-bond donors (Lipinski definition) is 2. The van der Waals surface area contributed by atoms with Gasteiger partial charge in [-0.1, -0.05) is 78.4 Å². The number of nitrogens with zero attached hydrogens (tertiary/aromatic N) is 1. The van der Waals surface area contributed by atoms with Crippen LogP contribution in [0.15, 0.2) is 12.2 Å². The van der Waals surface area contributed by atoms with Crippen molar-refractivity contribution in [3.05, 3.63) is 12.2 Å². The number of quaternary nitrogens is 1. The van der Waals surface area contributed by atoms with E-state index in [1.807, 2.05) is 0 Å². The van der Waals surface area contributed by atoms with Gasteiger partial charge in [-0.25, -0.2) is 9.59 Å². The molecular formula is C26H47NO6. The zero-order valence-corrected chi connectivity index (χ0v) is 21.3. The topological polar surface area (TPSA) is 115 Å². The molecule has 0 radical (unpaired) electrons. The maximum Gasteiger partial charge on any atom is 0.362 e. The Hall–Kier alpha value is -1.89. The third-order valence-corrected chi connectivity index (χ3v) is 6.80. The Labute approximate surface area is 200 Å². The lowest BCUT2D eigenvalue weighted by atomic mass is 9.94. The van der Waals surface area contributed by atoms with E-state index in [2.05, 4.69) is 19.1 Å². The molecule has 0 aliphatic carbocycles. The lowest BCUT2D eigenvalue weighted by Crippen LogP contribution is -2.73. The van der Waals surface area contributed by atoms with Crippen molar-refractivity contribution in [2.45, 2.75) is 129 Å². The van der Waals surface area contributed by atoms with Crippen LogP contribution in [0.2, 0.25) is 0 Å². The van der Waals surface area contributed by atoms with Crippen molar-refractivity contribution in [3.63, 3.8) is 0 Å². The summed E-state index contributed by atoms with van der Waals surface area (Å²) in [6, 6.07) is -3.43. The number of allylic oxidation sites excluding steroid dienone is 2. The van der Waals surface area contributed by atoms with E-state index in [9.17, 15) is 29.7 Å². The minimum absolute atomic E-state index is 0.115. The minimum Gasteiger partial charge on any atom is -0.544 e. The molecule has 0 saturated heterocycles. The first-order valence-corrected chi connectivity index (χ1v) is 12.9. The number of carbonyl (C=O) groups is 3. The second-order valence-electron chi connectivity index (χ2n) is 9.01. The number of hydrogen-bond acceptors (Lipinski definition) is 4. The lowest BCUT2D eigenvalue weighted by Gasteiger charge is -2.51. The van der Waals surface area contributed by atoms with E-state index in [1.54, 1.807) is 20.8 Å². The van der Waals surface area contributed by atoms with Crippen LogP contribution >= 0.6 is 0 Å². The standard InChI is InChI=1S/C26H47NO6/c1-5-9-10-11-12-13-14-15-16-17-18-19-20-27(21(6-2)24(28)29,22(7-3)25(30)31)23(8-4)26(32)33/h16-17,21-23H,5-15,18-20H2,1-4H3,(H2-,28,29,30,31,32,33)/b17-16+. The van der Waals surface area contributed by atoms with Crippen molar-refractivity contribution >= 4 is 17.9 Å². The van der Waals surface area contributed by atoms with E-state index in [1.165, 1.54) is 38.5 Å². The van der Waals surface area contributed by atoms with Crippen LogP contribution in [0.4, 0.5) is 0 Å². The zero-order chi connectivity index (χ0) is 25.3. The van der Waals surface area contributed by atoms with E-state index in [-0.39, 0.29) is 25.8 Å². The molecule has 0 aromatic rings. The molecule has 0 amide bonds. The van der Waals surface area contributed by atoms with Gasteiger partial charge in [0.05, 0.1) is 12.5 Å². The van der Waals surface area contributed by atoms with Crippen LogP contribution in [0.1, 0.15) is 111 Å². The Morgan fingerprint density at radius 3 is 1.52 bits per heavy atom. The molecule has 0 heterocycles. The molecule has 0 saturated carbocycles. The van der Waals surface area contributed by atoms with Crippen molar-refractivity contribution in [1.82, 2.24) is 0 Å². The minimum atomic E-state index is -1.38. The molecule has 3 unspecified atom stereocenters. The summed E-state index contributed by atoms with van der Waals surface area (Å²) < 4.78 is -0.498. The van der Waals surface area contributed by atoms with Gasteiger partial charge in [0, 0.05) is 25.7 Å². The van der Waals surface area contributed by atoms with E-state index < -0.39 is 40.5 Å². The highest BCUT2D eigenvalue weighted by Crippen LogP contribution is 2.32. The Morgan fingerprint density at radius 1 is 0.697 bits per heavy atom. The maximum atomic E-state index is 12.1. The summed E-state index contributed by atoms with van der Waals surface area (Å²) in [6.07, 6.45) is 15.5. The van der Waals surface area contributed by atoms with Crippen LogP contribution in [0.3, 0.4) is 0 Å². The summed E-state index contributed by atoms with van der Waals surface area (Å²) in [5.41, 5.74) is 0. The van der Waals surface area contributed by atoms with E-state index >= 15 is 0 Å². The molecule has 0 bridgehead atoms. The van der Waals surface area contributed by atoms with Crippen LogP contribution in [-0.2, 0) is 14.4 Å². The van der Waals surface area contributed by atoms with Crippen molar-refractivity contribution < 1.29 is 34.2 Å². The molecule has 0 fully saturated rings. The summed E-state index contributed by atoms with van der Waals surface area (Å²) in [7, 11) is 0. The fourth-order valence-corrected chi connectivity index (χ4v) is 5.20. The van der Waals surface area contributed by atoms with Gasteiger partial charge in [-0.15, -0.1) is 0 Å². The molecular weight excluding hydrogens is 422 g/mol. The normalized spacial score (nSPS) is 16.2. The summed E-state index contributed by atoms with van der Waals surface area (Å²) in [6.45, 7) is 7.38. The van der Waals surface area contributed by atoms with Crippen LogP contribution in [-0.4, -0.2) is 57.3 Å². The van der Waals surface area contributed by atoms with Crippen molar-refractivity contribution in [2.75, 3.05) is 6.54 Å². The molecule has 0 spiro atoms. The van der Waals surface area contributed by atoms with Crippen LogP contribution in [0.5, 0.6) is 0 Å². The average Bonchev–Trinajstić information content (AvgIpc) is 2.75. The summed E-state index contributed by atoms with van der Waals surface area (Å²) >= 11 is 0. The predicted molar refractivity (Wildman–Crippen MR) is 129 cm³/mol. The molecule has 0 aromatic heterocycles. The number of aliphatic carboxylic acids is 3. The molecule has 0 aliphatic heterocycles. The van der Waals surface area contributed by atoms with Gasteiger partial charge < -0.3 is 20.1 Å². The molecule has 0 aromatic carbocycles. The molecule has 192 valence electrons. The fourth-order valence-electron chi connectivity index (χ4n) is 5.20. The second kappa shape index (κ2) is 17.6. The predicted octanol–water partition coefficient (Wildman–Crippen LogP) is 4.54. The Morgan fingerprint density at radius 2 is 1.12 bits per heavy atom. The average molecular weight is 470 g/mol. The molecule has 3 atom stereocenters. The first-order valence-electron chi connectivity index (χ1n) is 12.9. The number of carbonyl (C=O) groups excluding carboxylic acids is 1. The van der Waals surface area contributed by atoms with Gasteiger partial charge in [0.25, 0.3) is 0 Å². The van der Waals surface area contributed by atoms with E-state index in [0.717, 1.165) is 12.8 Å². The van der Waals surface area contributed by atoms with Gasteiger partial charge in [0.15, 0.2) is 12.1 Å². The third kappa shape index (κ3) is 9.86. The molecule has 7 heteroatoms. The fraction of sp³-hybridized carbons (Fsp3) is 0.808. The molecule has 0 rings (SSSR count). The SMILES string of the molecule is CCCCCCCCC/C=C/CCC[N+](C(CC)C(=O)[O-])(C(CC)C(=O)O)C(CC)C(=O)O. The highest BCUT2D eigenvalue weighted by Gasteiger charge is 2.53. The van der Waals surface area contributed by atoms with E-state index in [0.29, 0.717) is 12.8 Å². The van der Waals surface area contributed by atoms with E-state index in [4.69, 9.17) is 0 Å². The molecule has 7 nitrogen and oxygen atoms in total. The summed E-state index contributed by atoms with van der Waals surface area (Å²) in [5.74, 6) is -3.70. The van der Waals surface area contributed by atoms with Crippen molar-refractivity contribution in [1.29, 1.82) is 0 Å². The number of carboxylic acid groups (broad SMARTS) is 3. The van der Waals surface area contributed by atoms with Gasteiger partial charge in [0.1, 0.15) is 6.04 Å². The second-order valence-corrected chi connectivity index (χ2v) is 9.01. The van der Waals surface area contributed by atoms with Crippen LogP contribution in [0, 0.1) is 0 Å². The number of unbranched alkanes of at least 4 members (excludes halogenated alkanes) is 8.